The molecule has 0 fully saturated rings. The van der Waals surface area contributed by atoms with Gasteiger partial charge in [-0.1, -0.05) is 41.1 Å². The quantitative estimate of drug-likeness (QED) is 0.478. The summed E-state index contributed by atoms with van der Waals surface area (Å²) in [5, 5.41) is 16.2. The Bertz CT molecular complexity index is 1490. The van der Waals surface area contributed by atoms with Crippen LogP contribution in [0.2, 0.25) is 5.02 Å². The van der Waals surface area contributed by atoms with Crippen LogP contribution in [-0.4, -0.2) is 44.1 Å². The number of hydrogen-bond acceptors (Lipinski definition) is 5. The Hall–Kier alpha value is -2.73. The maximum Gasteiger partial charge on any atom is 0.418 e. The number of alkyl halides is 3. The summed E-state index contributed by atoms with van der Waals surface area (Å²) in [7, 11) is -3.48. The number of rotatable bonds is 5. The third-order valence-electron chi connectivity index (χ3n) is 5.26. The van der Waals surface area contributed by atoms with Crippen LogP contribution in [0.15, 0.2) is 59.8 Å². The molecule has 0 atom stereocenters. The molecule has 4 rings (SSSR count). The van der Waals surface area contributed by atoms with Gasteiger partial charge in [-0.2, -0.15) is 18.3 Å². The molecule has 1 N–H and O–H groups in total. The van der Waals surface area contributed by atoms with Gasteiger partial charge < -0.3 is 5.11 Å². The lowest BCUT2D eigenvalue weighted by Gasteiger charge is -2.15. The molecule has 3 aromatic rings. The first kappa shape index (κ1) is 25.4. The zero-order valence-corrected chi connectivity index (χ0v) is 21.3. The van der Waals surface area contributed by atoms with Crippen molar-refractivity contribution in [1.29, 1.82) is 0 Å². The Labute approximate surface area is 207 Å². The lowest BCUT2D eigenvalue weighted by Crippen LogP contribution is -2.18. The van der Waals surface area contributed by atoms with E-state index in [1.165, 1.54) is 19.9 Å². The Morgan fingerprint density at radius 3 is 2.43 bits per heavy atom. The van der Waals surface area contributed by atoms with Crippen LogP contribution in [0.5, 0.6) is 0 Å². The minimum atomic E-state index is -4.68. The van der Waals surface area contributed by atoms with Crippen molar-refractivity contribution in [3.63, 3.8) is 0 Å². The molecule has 0 saturated heterocycles. The molecule has 12 heteroatoms. The smallest absolute Gasteiger partial charge is 0.384 e. The van der Waals surface area contributed by atoms with E-state index in [0.29, 0.717) is 10.8 Å². The fraction of sp³-hybridized carbons (Fsp3) is 0.217. The van der Waals surface area contributed by atoms with Gasteiger partial charge in [0, 0.05) is 12.5 Å². The molecule has 2 radical (unpaired) electrons. The van der Waals surface area contributed by atoms with Crippen LogP contribution in [0.3, 0.4) is 0 Å². The molecule has 182 valence electrons. The van der Waals surface area contributed by atoms with E-state index in [2.05, 4.69) is 10.1 Å². The van der Waals surface area contributed by atoms with Crippen LogP contribution in [0.4, 0.5) is 13.2 Å². The first-order chi connectivity index (χ1) is 16.2. The predicted octanol–water partition coefficient (Wildman–Crippen LogP) is 4.67. The Morgan fingerprint density at radius 1 is 1.11 bits per heavy atom. The third-order valence-corrected chi connectivity index (χ3v) is 8.12. The number of benzene rings is 1. The second-order valence-corrected chi connectivity index (χ2v) is 12.2. The minimum Gasteiger partial charge on any atom is -0.384 e. The first-order valence-electron chi connectivity index (χ1n) is 10.2. The average molecular weight is 538 g/mol. The Morgan fingerprint density at radius 2 is 1.80 bits per heavy atom. The molecule has 1 aliphatic rings. The second-order valence-electron chi connectivity index (χ2n) is 8.46. The maximum absolute atomic E-state index is 13.8. The summed E-state index contributed by atoms with van der Waals surface area (Å²) in [6, 6.07) is 7.28. The number of aromatic nitrogens is 3. The van der Waals surface area contributed by atoms with Gasteiger partial charge >= 0.3 is 6.18 Å². The molecule has 3 heterocycles. The summed E-state index contributed by atoms with van der Waals surface area (Å²) in [6.45, 7) is 2.88. The molecule has 0 aliphatic carbocycles. The van der Waals surface area contributed by atoms with Crippen LogP contribution in [0.1, 0.15) is 36.4 Å². The van der Waals surface area contributed by atoms with Crippen LogP contribution in [0, 0.1) is 0 Å². The van der Waals surface area contributed by atoms with E-state index in [4.69, 9.17) is 11.6 Å². The number of sulfone groups is 1. The van der Waals surface area contributed by atoms with Gasteiger partial charge in [-0.05, 0) is 42.8 Å². The molecule has 0 spiro atoms. The highest BCUT2D eigenvalue weighted by Crippen LogP contribution is 2.40. The summed E-state index contributed by atoms with van der Waals surface area (Å²) >= 11 is 6.61. The van der Waals surface area contributed by atoms with E-state index < -0.39 is 27.2 Å². The third kappa shape index (κ3) is 4.99. The minimum absolute atomic E-state index is 0.0179. The van der Waals surface area contributed by atoms with Gasteiger partial charge in [0.05, 0.1) is 33.1 Å². The van der Waals surface area contributed by atoms with E-state index in [1.54, 1.807) is 30.4 Å². The molecule has 6 nitrogen and oxygen atoms in total. The lowest BCUT2D eigenvalue weighted by molar-refractivity contribution is -0.137. The van der Waals surface area contributed by atoms with Gasteiger partial charge in [0.2, 0.25) is 0 Å². The number of hydrogen-bond donors (Lipinski definition) is 1. The van der Waals surface area contributed by atoms with E-state index in [-0.39, 0.29) is 36.5 Å². The number of aliphatic hydroxyl groups is 1. The van der Waals surface area contributed by atoms with Gasteiger partial charge in [-0.3, -0.25) is 4.98 Å². The van der Waals surface area contributed by atoms with E-state index in [0.717, 1.165) is 34.6 Å². The van der Waals surface area contributed by atoms with Crippen molar-refractivity contribution < 1.29 is 26.7 Å². The highest BCUT2D eigenvalue weighted by Gasteiger charge is 2.37. The lowest BCUT2D eigenvalue weighted by atomic mass is 10.1. The molecule has 0 amide bonds. The van der Waals surface area contributed by atoms with E-state index in [9.17, 15) is 26.7 Å². The number of nitrogens with zero attached hydrogens (tertiary/aromatic N) is 3. The SMILES string of the molecule is CC(C)(O)c1nn(-c2cnccc2C(F)(F)F)c(C2=CC=C(c3cccc(S(C)(=O)=O)c3)[Si]2)c1Cl. The van der Waals surface area contributed by atoms with Gasteiger partial charge in [-0.25, -0.2) is 13.1 Å². The highest BCUT2D eigenvalue weighted by molar-refractivity contribution is 7.90. The highest BCUT2D eigenvalue weighted by atomic mass is 35.5. The van der Waals surface area contributed by atoms with Crippen molar-refractivity contribution in [3.05, 3.63) is 82.4 Å². The van der Waals surface area contributed by atoms with Crippen LogP contribution < -0.4 is 0 Å². The molecule has 1 aliphatic heterocycles. The normalized spacial score (nSPS) is 14.7. The van der Waals surface area contributed by atoms with Crippen LogP contribution in [-0.2, 0) is 21.6 Å². The fourth-order valence-electron chi connectivity index (χ4n) is 3.59. The number of halogens is 4. The van der Waals surface area contributed by atoms with Crippen LogP contribution in [0.25, 0.3) is 16.1 Å². The molecule has 0 bridgehead atoms. The predicted molar refractivity (Wildman–Crippen MR) is 128 cm³/mol. The van der Waals surface area contributed by atoms with Crippen molar-refractivity contribution in [3.8, 4) is 5.69 Å². The molecule has 35 heavy (non-hydrogen) atoms. The molecule has 2 aromatic heterocycles. The van der Waals surface area contributed by atoms with Gasteiger partial charge in [-0.15, -0.1) is 0 Å². The van der Waals surface area contributed by atoms with Crippen molar-refractivity contribution in [2.75, 3.05) is 6.26 Å². The maximum atomic E-state index is 13.8. The first-order valence-corrected chi connectivity index (χ1v) is 13.5. The Balaban J connectivity index is 1.82. The summed E-state index contributed by atoms with van der Waals surface area (Å²) in [5.41, 5.74) is -1.92. The summed E-state index contributed by atoms with van der Waals surface area (Å²) in [6.07, 6.45) is 2.00. The Kier molecular flexibility index (Phi) is 6.33. The molecular formula is C23H19ClF3N3O3SSi. The average Bonchev–Trinajstić information content (AvgIpc) is 3.37. The summed E-state index contributed by atoms with van der Waals surface area (Å²) in [4.78, 5) is 4.00. The fourth-order valence-corrected chi connectivity index (χ4v) is 6.06. The van der Waals surface area contributed by atoms with Crippen LogP contribution >= 0.6 is 11.6 Å². The van der Waals surface area contributed by atoms with Crippen molar-refractivity contribution >= 4 is 41.4 Å². The summed E-state index contributed by atoms with van der Waals surface area (Å²) < 4.78 is 66.3. The van der Waals surface area contributed by atoms with E-state index >= 15 is 0 Å². The zero-order valence-electron chi connectivity index (χ0n) is 18.7. The van der Waals surface area contributed by atoms with Crippen molar-refractivity contribution in [2.24, 2.45) is 0 Å². The topological polar surface area (TPSA) is 85.1 Å². The number of pyridine rings is 1. The molecule has 0 saturated carbocycles. The standard InChI is InChI=1S/C23H19ClF3N3O3SSi/c1-22(2,31)21-19(24)20(30(29-21)16-12-28-10-9-15(16)23(25,26)27)18-8-7-17(35-18)13-5-4-6-14(11-13)34(3,32)33/h4-12,31H,1-3H3. The number of allylic oxidation sites excluding steroid dienone is 2. The monoisotopic (exact) mass is 537 g/mol. The zero-order chi connectivity index (χ0) is 25.8. The largest absolute Gasteiger partial charge is 0.418 e. The van der Waals surface area contributed by atoms with Crippen molar-refractivity contribution in [2.45, 2.75) is 30.5 Å². The second kappa shape index (κ2) is 8.73. The van der Waals surface area contributed by atoms with Gasteiger partial charge in [0.25, 0.3) is 0 Å². The van der Waals surface area contributed by atoms with E-state index in [1.807, 2.05) is 0 Å². The molecule has 1 aromatic carbocycles. The van der Waals surface area contributed by atoms with Gasteiger partial charge in [0.1, 0.15) is 20.8 Å². The van der Waals surface area contributed by atoms with Gasteiger partial charge in [0.15, 0.2) is 9.84 Å². The van der Waals surface area contributed by atoms with Crippen molar-refractivity contribution in [1.82, 2.24) is 14.8 Å². The molecular weight excluding hydrogens is 519 g/mol. The molecule has 0 unspecified atom stereocenters. The summed E-state index contributed by atoms with van der Waals surface area (Å²) in [5.74, 6) is 0.